The molecular weight excluding hydrogens is 236 g/mol. The van der Waals surface area contributed by atoms with Gasteiger partial charge in [0, 0.05) is 12.2 Å². The summed E-state index contributed by atoms with van der Waals surface area (Å²) in [6.45, 7) is 3.54. The zero-order valence-corrected chi connectivity index (χ0v) is 10.6. The number of rotatable bonds is 5. The number of anilines is 1. The molecule has 0 radical (unpaired) electrons. The molecule has 0 saturated heterocycles. The molecule has 98 valence electrons. The van der Waals surface area contributed by atoms with Gasteiger partial charge in [-0.05, 0) is 26.0 Å². The standard InChI is InChI=1S/C12H16N2O4/c1-8(2)14(7-11(15)16)10-6-9(4-5-13-10)12(17)18-3/h4-6,8H,7H2,1-3H3,(H,15,16). The maximum atomic E-state index is 11.4. The Morgan fingerprint density at radius 3 is 2.67 bits per heavy atom. The monoisotopic (exact) mass is 252 g/mol. The van der Waals surface area contributed by atoms with Crippen LogP contribution in [-0.2, 0) is 9.53 Å². The second-order valence-corrected chi connectivity index (χ2v) is 4.01. The lowest BCUT2D eigenvalue weighted by molar-refractivity contribution is -0.135. The second kappa shape index (κ2) is 6.00. The molecule has 0 fully saturated rings. The summed E-state index contributed by atoms with van der Waals surface area (Å²) in [5.41, 5.74) is 0.346. The molecule has 0 spiro atoms. The van der Waals surface area contributed by atoms with Crippen molar-refractivity contribution in [1.82, 2.24) is 4.98 Å². The van der Waals surface area contributed by atoms with Crippen LogP contribution >= 0.6 is 0 Å². The minimum absolute atomic E-state index is 0.0403. The van der Waals surface area contributed by atoms with Crippen LogP contribution in [-0.4, -0.2) is 41.7 Å². The number of methoxy groups -OCH3 is 1. The quantitative estimate of drug-likeness (QED) is 0.792. The summed E-state index contributed by atoms with van der Waals surface area (Å²) in [5, 5.41) is 8.86. The van der Waals surface area contributed by atoms with Crippen LogP contribution in [0, 0.1) is 0 Å². The van der Waals surface area contributed by atoms with Crippen LogP contribution < -0.4 is 4.90 Å². The van der Waals surface area contributed by atoms with Crippen molar-refractivity contribution in [2.24, 2.45) is 0 Å². The van der Waals surface area contributed by atoms with Crippen LogP contribution in [0.4, 0.5) is 5.82 Å². The lowest BCUT2D eigenvalue weighted by atomic mass is 10.2. The average molecular weight is 252 g/mol. The Kier molecular flexibility index (Phi) is 4.65. The van der Waals surface area contributed by atoms with Gasteiger partial charge in [-0.25, -0.2) is 9.78 Å². The highest BCUT2D eigenvalue weighted by molar-refractivity contribution is 5.90. The molecule has 0 aromatic carbocycles. The Labute approximate surface area is 105 Å². The highest BCUT2D eigenvalue weighted by Crippen LogP contribution is 2.15. The fourth-order valence-electron chi connectivity index (χ4n) is 1.49. The van der Waals surface area contributed by atoms with Gasteiger partial charge in [0.05, 0.1) is 12.7 Å². The summed E-state index contributed by atoms with van der Waals surface area (Å²) in [4.78, 5) is 27.9. The fourth-order valence-corrected chi connectivity index (χ4v) is 1.49. The minimum atomic E-state index is -0.950. The van der Waals surface area contributed by atoms with E-state index in [1.807, 2.05) is 13.8 Å². The smallest absolute Gasteiger partial charge is 0.338 e. The Hall–Kier alpha value is -2.11. The number of hydrogen-bond acceptors (Lipinski definition) is 5. The number of carboxylic acid groups (broad SMARTS) is 1. The Morgan fingerprint density at radius 2 is 2.17 bits per heavy atom. The van der Waals surface area contributed by atoms with Crippen LogP contribution in [0.1, 0.15) is 24.2 Å². The van der Waals surface area contributed by atoms with E-state index >= 15 is 0 Å². The van der Waals surface area contributed by atoms with E-state index in [1.54, 1.807) is 4.90 Å². The van der Waals surface area contributed by atoms with Gasteiger partial charge in [-0.3, -0.25) is 4.79 Å². The molecule has 1 rings (SSSR count). The van der Waals surface area contributed by atoms with Gasteiger partial charge in [-0.2, -0.15) is 0 Å². The molecular formula is C12H16N2O4. The van der Waals surface area contributed by atoms with Crippen molar-refractivity contribution in [1.29, 1.82) is 0 Å². The zero-order chi connectivity index (χ0) is 13.7. The number of carbonyl (C=O) groups excluding carboxylic acids is 1. The Morgan fingerprint density at radius 1 is 1.50 bits per heavy atom. The topological polar surface area (TPSA) is 79.7 Å². The number of nitrogens with zero attached hydrogens (tertiary/aromatic N) is 2. The van der Waals surface area contributed by atoms with Gasteiger partial charge in [0.1, 0.15) is 12.4 Å². The predicted octanol–water partition coefficient (Wildman–Crippen LogP) is 1.17. The molecule has 6 heteroatoms. The number of esters is 1. The summed E-state index contributed by atoms with van der Waals surface area (Å²) >= 11 is 0. The second-order valence-electron chi connectivity index (χ2n) is 4.01. The number of hydrogen-bond donors (Lipinski definition) is 1. The average Bonchev–Trinajstić information content (AvgIpc) is 2.34. The van der Waals surface area contributed by atoms with Gasteiger partial charge in [-0.1, -0.05) is 0 Å². The lowest BCUT2D eigenvalue weighted by Crippen LogP contribution is -2.36. The first-order valence-corrected chi connectivity index (χ1v) is 5.48. The number of pyridine rings is 1. The molecule has 0 unspecified atom stereocenters. The SMILES string of the molecule is COC(=O)c1ccnc(N(CC(=O)O)C(C)C)c1. The number of carboxylic acids is 1. The van der Waals surface area contributed by atoms with Crippen LogP contribution in [0.2, 0.25) is 0 Å². The number of aliphatic carboxylic acids is 1. The van der Waals surface area contributed by atoms with Crippen molar-refractivity contribution in [3.63, 3.8) is 0 Å². The summed E-state index contributed by atoms with van der Waals surface area (Å²) in [7, 11) is 1.29. The van der Waals surface area contributed by atoms with E-state index < -0.39 is 11.9 Å². The molecule has 0 saturated carbocycles. The largest absolute Gasteiger partial charge is 0.480 e. The van der Waals surface area contributed by atoms with Crippen molar-refractivity contribution in [2.75, 3.05) is 18.6 Å². The van der Waals surface area contributed by atoms with Crippen LogP contribution in [0.25, 0.3) is 0 Å². The first kappa shape index (κ1) is 14.0. The van der Waals surface area contributed by atoms with E-state index in [-0.39, 0.29) is 12.6 Å². The van der Waals surface area contributed by atoms with E-state index in [9.17, 15) is 9.59 Å². The molecule has 18 heavy (non-hydrogen) atoms. The van der Waals surface area contributed by atoms with Gasteiger partial charge in [0.25, 0.3) is 0 Å². The van der Waals surface area contributed by atoms with Crippen LogP contribution in [0.3, 0.4) is 0 Å². The van der Waals surface area contributed by atoms with E-state index in [2.05, 4.69) is 9.72 Å². The Balaban J connectivity index is 3.05. The summed E-state index contributed by atoms with van der Waals surface area (Å²) in [6, 6.07) is 3.00. The van der Waals surface area contributed by atoms with Gasteiger partial charge >= 0.3 is 11.9 Å². The molecule has 0 bridgehead atoms. The minimum Gasteiger partial charge on any atom is -0.480 e. The van der Waals surface area contributed by atoms with Crippen LogP contribution in [0.15, 0.2) is 18.3 Å². The third-order valence-corrected chi connectivity index (χ3v) is 2.39. The molecule has 1 aromatic rings. The fraction of sp³-hybridized carbons (Fsp3) is 0.417. The molecule has 1 aromatic heterocycles. The summed E-state index contributed by atoms with van der Waals surface area (Å²) in [5.74, 6) is -0.984. The predicted molar refractivity (Wildman–Crippen MR) is 65.7 cm³/mol. The van der Waals surface area contributed by atoms with Gasteiger partial charge < -0.3 is 14.7 Å². The van der Waals surface area contributed by atoms with Crippen LogP contribution in [0.5, 0.6) is 0 Å². The van der Waals surface area contributed by atoms with Gasteiger partial charge in [0.15, 0.2) is 0 Å². The van der Waals surface area contributed by atoms with Crippen molar-refractivity contribution < 1.29 is 19.4 Å². The van der Waals surface area contributed by atoms with Gasteiger partial charge in [-0.15, -0.1) is 0 Å². The molecule has 1 N–H and O–H groups in total. The normalized spacial score (nSPS) is 10.2. The summed E-state index contributed by atoms with van der Waals surface area (Å²) < 4.78 is 4.61. The maximum absolute atomic E-state index is 11.4. The van der Waals surface area contributed by atoms with Crippen molar-refractivity contribution >= 4 is 17.8 Å². The van der Waals surface area contributed by atoms with E-state index in [0.717, 1.165) is 0 Å². The highest BCUT2D eigenvalue weighted by atomic mass is 16.5. The van der Waals surface area contributed by atoms with Crippen molar-refractivity contribution in [2.45, 2.75) is 19.9 Å². The molecule has 1 heterocycles. The number of ether oxygens (including phenoxy) is 1. The molecule has 6 nitrogen and oxygen atoms in total. The summed E-state index contributed by atoms with van der Waals surface area (Å²) in [6.07, 6.45) is 1.46. The van der Waals surface area contributed by atoms with Gasteiger partial charge in [0.2, 0.25) is 0 Å². The molecule has 0 atom stereocenters. The highest BCUT2D eigenvalue weighted by Gasteiger charge is 2.17. The van der Waals surface area contributed by atoms with E-state index in [4.69, 9.17) is 5.11 Å². The van der Waals surface area contributed by atoms with E-state index in [0.29, 0.717) is 11.4 Å². The van der Waals surface area contributed by atoms with Crippen molar-refractivity contribution in [3.8, 4) is 0 Å². The first-order valence-electron chi connectivity index (χ1n) is 5.48. The van der Waals surface area contributed by atoms with Crippen molar-refractivity contribution in [3.05, 3.63) is 23.9 Å². The molecule has 0 aliphatic carbocycles. The number of carbonyl (C=O) groups is 2. The number of aromatic nitrogens is 1. The third-order valence-electron chi connectivity index (χ3n) is 2.39. The zero-order valence-electron chi connectivity index (χ0n) is 10.6. The molecule has 0 amide bonds. The van der Waals surface area contributed by atoms with E-state index in [1.165, 1.54) is 25.4 Å². The third kappa shape index (κ3) is 3.44. The maximum Gasteiger partial charge on any atom is 0.338 e. The lowest BCUT2D eigenvalue weighted by Gasteiger charge is -2.26. The molecule has 0 aliphatic heterocycles. The first-order chi connectivity index (χ1) is 8.45. The molecule has 0 aliphatic rings. The Bertz CT molecular complexity index is 445.